The molecule has 0 atom stereocenters. The van der Waals surface area contributed by atoms with Crippen LogP contribution >= 0.6 is 11.6 Å². The molecule has 1 aromatic carbocycles. The van der Waals surface area contributed by atoms with Crippen molar-refractivity contribution in [1.29, 1.82) is 0 Å². The summed E-state index contributed by atoms with van der Waals surface area (Å²) >= 11 is 5.10. The van der Waals surface area contributed by atoms with E-state index in [2.05, 4.69) is 4.72 Å². The van der Waals surface area contributed by atoms with Crippen molar-refractivity contribution in [2.45, 2.75) is 18.2 Å². The number of hydrogen-bond donors (Lipinski definition) is 1. The van der Waals surface area contributed by atoms with E-state index in [0.29, 0.717) is 0 Å². The van der Waals surface area contributed by atoms with Crippen molar-refractivity contribution in [3.63, 3.8) is 0 Å². The molecule has 0 amide bonds. The maximum absolute atomic E-state index is 11.7. The van der Waals surface area contributed by atoms with Crippen LogP contribution in [0.2, 0.25) is 0 Å². The third kappa shape index (κ3) is 3.92. The first-order valence-corrected chi connectivity index (χ1v) is 6.52. The summed E-state index contributed by atoms with van der Waals surface area (Å²) in [5, 5.41) is -0.563. The third-order valence-electron chi connectivity index (χ3n) is 1.91. The number of carbonyl (C=O) groups excluding carboxylic acids is 1. The molecule has 1 aromatic rings. The summed E-state index contributed by atoms with van der Waals surface area (Å²) in [6.07, 6.45) is -0.0212. The number of aryl methyl sites for hydroxylation is 1. The van der Waals surface area contributed by atoms with Crippen molar-refractivity contribution in [3.05, 3.63) is 29.8 Å². The fourth-order valence-corrected chi connectivity index (χ4v) is 2.38. The highest BCUT2D eigenvalue weighted by Crippen LogP contribution is 2.10. The maximum Gasteiger partial charge on any atom is 0.240 e. The van der Waals surface area contributed by atoms with Gasteiger partial charge in [0, 0.05) is 13.0 Å². The number of benzene rings is 1. The van der Waals surface area contributed by atoms with Gasteiger partial charge in [0.1, 0.15) is 0 Å². The summed E-state index contributed by atoms with van der Waals surface area (Å²) in [6, 6.07) is 6.53. The second-order valence-electron chi connectivity index (χ2n) is 3.32. The monoisotopic (exact) mass is 261 g/mol. The molecule has 6 heteroatoms. The smallest absolute Gasteiger partial charge is 0.240 e. The van der Waals surface area contributed by atoms with Crippen LogP contribution in [0.15, 0.2) is 29.2 Å². The molecule has 0 spiro atoms. The van der Waals surface area contributed by atoms with E-state index in [9.17, 15) is 13.2 Å². The van der Waals surface area contributed by atoms with E-state index in [-0.39, 0.29) is 17.9 Å². The Balaban J connectivity index is 2.74. The minimum Gasteiger partial charge on any atom is -0.281 e. The summed E-state index contributed by atoms with van der Waals surface area (Å²) in [7, 11) is -3.54. The zero-order valence-corrected chi connectivity index (χ0v) is 10.3. The minimum atomic E-state index is -3.54. The van der Waals surface area contributed by atoms with E-state index in [4.69, 9.17) is 11.6 Å². The molecule has 1 N–H and O–H groups in total. The van der Waals surface area contributed by atoms with Crippen molar-refractivity contribution in [2.75, 3.05) is 6.54 Å². The number of carbonyl (C=O) groups is 1. The second-order valence-corrected chi connectivity index (χ2v) is 5.51. The normalized spacial score (nSPS) is 11.4. The van der Waals surface area contributed by atoms with E-state index < -0.39 is 15.3 Å². The van der Waals surface area contributed by atoms with Crippen LogP contribution in [0.5, 0.6) is 0 Å². The van der Waals surface area contributed by atoms with Gasteiger partial charge in [0.25, 0.3) is 0 Å². The van der Waals surface area contributed by atoms with Gasteiger partial charge >= 0.3 is 0 Å². The Labute approximate surface area is 99.7 Å². The van der Waals surface area contributed by atoms with Crippen LogP contribution in [0.25, 0.3) is 0 Å². The second kappa shape index (κ2) is 5.43. The molecule has 0 aliphatic rings. The van der Waals surface area contributed by atoms with Crippen molar-refractivity contribution in [2.24, 2.45) is 0 Å². The average molecular weight is 262 g/mol. The average Bonchev–Trinajstić information content (AvgIpc) is 2.16. The molecule has 0 fully saturated rings. The Hall–Kier alpha value is -0.910. The number of sulfonamides is 1. The minimum absolute atomic E-state index is 0.0125. The topological polar surface area (TPSA) is 63.2 Å². The first-order chi connectivity index (χ1) is 7.42. The highest BCUT2D eigenvalue weighted by Gasteiger charge is 2.13. The molecular formula is C10H12ClNO3S. The molecule has 0 heterocycles. The van der Waals surface area contributed by atoms with Crippen LogP contribution in [-0.2, 0) is 14.8 Å². The first-order valence-electron chi connectivity index (χ1n) is 4.66. The third-order valence-corrected chi connectivity index (χ3v) is 3.56. The standard InChI is InChI=1S/C10H12ClNO3S/c1-8-3-2-4-9(7-8)16(14,15)12-6-5-10(11)13/h2-4,7,12H,5-6H2,1H3. The lowest BCUT2D eigenvalue weighted by molar-refractivity contribution is -0.111. The van der Waals surface area contributed by atoms with E-state index in [1.165, 1.54) is 6.07 Å². The molecule has 0 aliphatic heterocycles. The van der Waals surface area contributed by atoms with Gasteiger partial charge in [-0.2, -0.15) is 0 Å². The number of halogens is 1. The lowest BCUT2D eigenvalue weighted by Crippen LogP contribution is -2.25. The molecule has 88 valence electrons. The maximum atomic E-state index is 11.7. The number of rotatable bonds is 5. The molecule has 0 radical (unpaired) electrons. The van der Waals surface area contributed by atoms with Crippen molar-refractivity contribution < 1.29 is 13.2 Å². The molecular weight excluding hydrogens is 250 g/mol. The summed E-state index contributed by atoms with van der Waals surface area (Å²) < 4.78 is 25.7. The van der Waals surface area contributed by atoms with Gasteiger partial charge < -0.3 is 0 Å². The Morgan fingerprint density at radius 1 is 1.44 bits per heavy atom. The summed E-state index contributed by atoms with van der Waals surface area (Å²) in [5.41, 5.74) is 0.858. The van der Waals surface area contributed by atoms with Crippen LogP contribution in [0.1, 0.15) is 12.0 Å². The van der Waals surface area contributed by atoms with Gasteiger partial charge in [-0.1, -0.05) is 12.1 Å². The van der Waals surface area contributed by atoms with Crippen LogP contribution in [0.4, 0.5) is 0 Å². The predicted molar refractivity (Wildman–Crippen MR) is 61.8 cm³/mol. The molecule has 1 rings (SSSR count). The van der Waals surface area contributed by atoms with Gasteiger partial charge in [0.15, 0.2) is 0 Å². The molecule has 16 heavy (non-hydrogen) atoms. The van der Waals surface area contributed by atoms with Gasteiger partial charge in [-0.3, -0.25) is 4.79 Å². The number of hydrogen-bond acceptors (Lipinski definition) is 3. The lowest BCUT2D eigenvalue weighted by atomic mass is 10.2. The van der Waals surface area contributed by atoms with Gasteiger partial charge in [-0.05, 0) is 36.2 Å². The van der Waals surface area contributed by atoms with Crippen LogP contribution in [0, 0.1) is 6.92 Å². The van der Waals surface area contributed by atoms with E-state index in [1.807, 2.05) is 0 Å². The molecule has 4 nitrogen and oxygen atoms in total. The Kier molecular flexibility index (Phi) is 4.46. The largest absolute Gasteiger partial charge is 0.281 e. The number of nitrogens with one attached hydrogen (secondary N) is 1. The lowest BCUT2D eigenvalue weighted by Gasteiger charge is -2.05. The van der Waals surface area contributed by atoms with E-state index in [1.54, 1.807) is 25.1 Å². The van der Waals surface area contributed by atoms with Crippen molar-refractivity contribution >= 4 is 26.9 Å². The highest BCUT2D eigenvalue weighted by atomic mass is 35.5. The molecule has 0 saturated carbocycles. The first kappa shape index (κ1) is 13.2. The summed E-state index contributed by atoms with van der Waals surface area (Å²) in [5.74, 6) is 0. The Morgan fingerprint density at radius 3 is 2.69 bits per heavy atom. The van der Waals surface area contributed by atoms with Crippen molar-refractivity contribution in [1.82, 2.24) is 4.72 Å². The zero-order valence-electron chi connectivity index (χ0n) is 8.73. The van der Waals surface area contributed by atoms with Crippen LogP contribution in [-0.4, -0.2) is 20.2 Å². The summed E-state index contributed by atoms with van der Waals surface area (Å²) in [4.78, 5) is 10.6. The van der Waals surface area contributed by atoms with Gasteiger partial charge in [0.2, 0.25) is 15.3 Å². The fourth-order valence-electron chi connectivity index (χ4n) is 1.15. The van der Waals surface area contributed by atoms with Crippen molar-refractivity contribution in [3.8, 4) is 0 Å². The zero-order chi connectivity index (χ0) is 12.2. The van der Waals surface area contributed by atoms with Gasteiger partial charge in [-0.15, -0.1) is 0 Å². The van der Waals surface area contributed by atoms with Gasteiger partial charge in [0.05, 0.1) is 4.90 Å². The Bertz CT molecular complexity index is 485. The van der Waals surface area contributed by atoms with Crippen LogP contribution in [0.3, 0.4) is 0 Å². The highest BCUT2D eigenvalue weighted by molar-refractivity contribution is 7.89. The fraction of sp³-hybridized carbons (Fsp3) is 0.300. The summed E-state index contributed by atoms with van der Waals surface area (Å²) in [6.45, 7) is 1.82. The van der Waals surface area contributed by atoms with Gasteiger partial charge in [-0.25, -0.2) is 13.1 Å². The van der Waals surface area contributed by atoms with Crippen LogP contribution < -0.4 is 4.72 Å². The Morgan fingerprint density at radius 2 is 2.12 bits per heavy atom. The van der Waals surface area contributed by atoms with E-state index >= 15 is 0 Å². The molecule has 0 bridgehead atoms. The predicted octanol–water partition coefficient (Wildman–Crippen LogP) is 1.43. The molecule has 0 aliphatic carbocycles. The molecule has 0 saturated heterocycles. The van der Waals surface area contributed by atoms with E-state index in [0.717, 1.165) is 5.56 Å². The quantitative estimate of drug-likeness (QED) is 0.816. The molecule has 0 aromatic heterocycles. The molecule has 0 unspecified atom stereocenters. The SMILES string of the molecule is Cc1cccc(S(=O)(=O)NCCC(=O)Cl)c1.